The number of amides is 1. The smallest absolute Gasteiger partial charge is 0.272 e. The zero-order valence-corrected chi connectivity index (χ0v) is 21.3. The number of halogens is 1. The summed E-state index contributed by atoms with van der Waals surface area (Å²) in [5.74, 6) is 0.282. The second kappa shape index (κ2) is 10.0. The van der Waals surface area contributed by atoms with Crippen molar-refractivity contribution in [1.82, 2.24) is 34.9 Å². The fourth-order valence-corrected chi connectivity index (χ4v) is 4.85. The molecule has 2 aromatic heterocycles. The molecular weight excluding hydrogens is 487 g/mol. The summed E-state index contributed by atoms with van der Waals surface area (Å²) in [5.41, 5.74) is 1.90. The fourth-order valence-electron chi connectivity index (χ4n) is 4.85. The fraction of sp³-hybridized carbons (Fsp3) is 0.259. The van der Waals surface area contributed by atoms with Crippen molar-refractivity contribution in [2.75, 3.05) is 13.6 Å². The van der Waals surface area contributed by atoms with E-state index in [1.165, 1.54) is 6.07 Å². The van der Waals surface area contributed by atoms with Crippen molar-refractivity contribution in [1.29, 1.82) is 0 Å². The van der Waals surface area contributed by atoms with Gasteiger partial charge in [0.15, 0.2) is 11.6 Å². The molecule has 0 bridgehead atoms. The SMILES string of the molecule is C=NN(C)/C=C(\C)c1nnc2n1C(C)CN(C(=O)c1cc(Cc3n[nH]c(=O)c4ccccc34)ccc1F)C2. The number of hydrogen-bond acceptors (Lipinski definition) is 7. The van der Waals surface area contributed by atoms with Gasteiger partial charge in [0, 0.05) is 43.9 Å². The quantitative estimate of drug-likeness (QED) is 0.312. The Kier molecular flexibility index (Phi) is 6.58. The first-order valence-electron chi connectivity index (χ1n) is 12.1. The van der Waals surface area contributed by atoms with Crippen LogP contribution in [0.2, 0.25) is 0 Å². The highest BCUT2D eigenvalue weighted by Gasteiger charge is 2.31. The first kappa shape index (κ1) is 25.0. The van der Waals surface area contributed by atoms with Crippen molar-refractivity contribution in [3.05, 3.63) is 93.3 Å². The van der Waals surface area contributed by atoms with Crippen LogP contribution in [-0.2, 0) is 13.0 Å². The van der Waals surface area contributed by atoms with Crippen LogP contribution in [0.1, 0.15) is 53.2 Å². The Morgan fingerprint density at radius 2 is 2.03 bits per heavy atom. The molecule has 0 aliphatic carbocycles. The van der Waals surface area contributed by atoms with E-state index in [2.05, 4.69) is 32.2 Å². The number of carbonyl (C=O) groups excluding carboxylic acids is 1. The third kappa shape index (κ3) is 4.58. The summed E-state index contributed by atoms with van der Waals surface area (Å²) in [6.07, 6.45) is 2.13. The van der Waals surface area contributed by atoms with Gasteiger partial charge in [-0.05, 0) is 37.6 Å². The Balaban J connectivity index is 1.41. The van der Waals surface area contributed by atoms with Crippen LogP contribution in [0.4, 0.5) is 4.39 Å². The minimum Gasteiger partial charge on any atom is -0.329 e. The Morgan fingerprint density at radius 3 is 2.79 bits per heavy atom. The number of aromatic amines is 1. The van der Waals surface area contributed by atoms with Crippen LogP contribution in [-0.4, -0.2) is 61.1 Å². The summed E-state index contributed by atoms with van der Waals surface area (Å²) in [6.45, 7) is 7.96. The lowest BCUT2D eigenvalue weighted by Gasteiger charge is -2.33. The van der Waals surface area contributed by atoms with Crippen molar-refractivity contribution in [3.8, 4) is 0 Å². The molecule has 11 heteroatoms. The van der Waals surface area contributed by atoms with E-state index >= 15 is 0 Å². The third-order valence-corrected chi connectivity index (χ3v) is 6.68. The number of aromatic nitrogens is 5. The van der Waals surface area contributed by atoms with Crippen LogP contribution in [0, 0.1) is 5.82 Å². The third-order valence-electron chi connectivity index (χ3n) is 6.68. The monoisotopic (exact) mass is 514 g/mol. The summed E-state index contributed by atoms with van der Waals surface area (Å²) in [6, 6.07) is 11.5. The molecule has 38 heavy (non-hydrogen) atoms. The molecule has 1 unspecified atom stereocenters. The normalized spacial score (nSPS) is 15.4. The number of rotatable bonds is 6. The molecule has 1 aliphatic rings. The Bertz CT molecular complexity index is 1640. The number of benzene rings is 2. The van der Waals surface area contributed by atoms with E-state index in [1.807, 2.05) is 30.5 Å². The molecular formula is C27H27FN8O2. The van der Waals surface area contributed by atoms with E-state index in [1.54, 1.807) is 47.4 Å². The molecule has 1 amide bonds. The summed E-state index contributed by atoms with van der Waals surface area (Å²) in [5, 5.41) is 22.0. The summed E-state index contributed by atoms with van der Waals surface area (Å²) in [7, 11) is 1.77. The highest BCUT2D eigenvalue weighted by molar-refractivity contribution is 5.95. The predicted octanol–water partition coefficient (Wildman–Crippen LogP) is 3.37. The maximum absolute atomic E-state index is 14.9. The molecule has 0 saturated heterocycles. The van der Waals surface area contributed by atoms with E-state index in [-0.39, 0.29) is 23.7 Å². The minimum atomic E-state index is -0.600. The maximum Gasteiger partial charge on any atom is 0.272 e. The zero-order chi connectivity index (χ0) is 27.0. The van der Waals surface area contributed by atoms with Gasteiger partial charge in [0.05, 0.1) is 29.2 Å². The molecule has 5 rings (SSSR count). The minimum absolute atomic E-state index is 0.0219. The maximum atomic E-state index is 14.9. The topological polar surface area (TPSA) is 112 Å². The predicted molar refractivity (Wildman–Crippen MR) is 142 cm³/mol. The second-order valence-corrected chi connectivity index (χ2v) is 9.41. The van der Waals surface area contributed by atoms with Crippen molar-refractivity contribution in [3.63, 3.8) is 0 Å². The molecule has 4 aromatic rings. The van der Waals surface area contributed by atoms with E-state index < -0.39 is 11.7 Å². The highest BCUT2D eigenvalue weighted by atomic mass is 19.1. The molecule has 0 saturated carbocycles. The molecule has 0 fully saturated rings. The first-order chi connectivity index (χ1) is 18.3. The van der Waals surface area contributed by atoms with Crippen LogP contribution in [0.3, 0.4) is 0 Å². The average molecular weight is 515 g/mol. The summed E-state index contributed by atoms with van der Waals surface area (Å²) >= 11 is 0. The molecule has 2 aromatic carbocycles. The molecule has 1 atom stereocenters. The number of nitrogens with one attached hydrogen (secondary N) is 1. The zero-order valence-electron chi connectivity index (χ0n) is 21.3. The summed E-state index contributed by atoms with van der Waals surface area (Å²) < 4.78 is 16.9. The number of hydrazone groups is 1. The largest absolute Gasteiger partial charge is 0.329 e. The van der Waals surface area contributed by atoms with E-state index in [4.69, 9.17) is 0 Å². The molecule has 10 nitrogen and oxygen atoms in total. The van der Waals surface area contributed by atoms with E-state index in [0.29, 0.717) is 46.6 Å². The van der Waals surface area contributed by atoms with Gasteiger partial charge < -0.3 is 9.47 Å². The Morgan fingerprint density at radius 1 is 1.26 bits per heavy atom. The van der Waals surface area contributed by atoms with Crippen LogP contribution >= 0.6 is 0 Å². The van der Waals surface area contributed by atoms with E-state index in [0.717, 1.165) is 5.57 Å². The van der Waals surface area contributed by atoms with Gasteiger partial charge in [0.1, 0.15) is 5.82 Å². The average Bonchev–Trinajstić information content (AvgIpc) is 3.36. The number of hydrogen-bond donors (Lipinski definition) is 1. The van der Waals surface area contributed by atoms with Crippen molar-refractivity contribution >= 4 is 29.0 Å². The number of H-pyrrole nitrogens is 1. The van der Waals surface area contributed by atoms with Crippen molar-refractivity contribution in [2.24, 2.45) is 5.10 Å². The Labute approximate surface area is 218 Å². The molecule has 0 spiro atoms. The summed E-state index contributed by atoms with van der Waals surface area (Å²) in [4.78, 5) is 27.2. The van der Waals surface area contributed by atoms with Gasteiger partial charge in [0.25, 0.3) is 11.5 Å². The van der Waals surface area contributed by atoms with E-state index in [9.17, 15) is 14.0 Å². The lowest BCUT2D eigenvalue weighted by molar-refractivity contribution is 0.0676. The van der Waals surface area contributed by atoms with Gasteiger partial charge in [-0.15, -0.1) is 10.2 Å². The molecule has 194 valence electrons. The highest BCUT2D eigenvalue weighted by Crippen LogP contribution is 2.27. The van der Waals surface area contributed by atoms with Gasteiger partial charge in [-0.3, -0.25) is 14.6 Å². The number of allylic oxidation sites excluding steroid dienone is 1. The first-order valence-corrected chi connectivity index (χ1v) is 12.1. The molecule has 3 heterocycles. The standard InChI is InChI=1S/C27H27FN8O2/c1-16(13-34(4)29-3)25-32-31-24-15-35(14-17(2)36(24)25)27(38)21-11-18(9-10-22(21)28)12-23-19-7-5-6-8-20(19)26(37)33-30-23/h5-11,13,17H,3,12,14-15H2,1-2,4H3,(H,33,37)/b16-13+. The van der Waals surface area contributed by atoms with Crippen LogP contribution in [0.5, 0.6) is 0 Å². The lowest BCUT2D eigenvalue weighted by Crippen LogP contribution is -2.41. The van der Waals surface area contributed by atoms with Crippen molar-refractivity contribution in [2.45, 2.75) is 32.9 Å². The van der Waals surface area contributed by atoms with Crippen molar-refractivity contribution < 1.29 is 9.18 Å². The van der Waals surface area contributed by atoms with Gasteiger partial charge in [-0.2, -0.15) is 10.2 Å². The van der Waals surface area contributed by atoms with Gasteiger partial charge in [-0.25, -0.2) is 9.49 Å². The van der Waals surface area contributed by atoms with Crippen LogP contribution in [0.25, 0.3) is 16.3 Å². The molecule has 1 N–H and O–H groups in total. The second-order valence-electron chi connectivity index (χ2n) is 9.41. The van der Waals surface area contributed by atoms with Gasteiger partial charge in [0.2, 0.25) is 0 Å². The Hall–Kier alpha value is -4.67. The molecule has 1 aliphatic heterocycles. The van der Waals surface area contributed by atoms with Crippen LogP contribution < -0.4 is 5.56 Å². The van der Waals surface area contributed by atoms with Gasteiger partial charge >= 0.3 is 0 Å². The number of carbonyl (C=O) groups is 1. The van der Waals surface area contributed by atoms with Gasteiger partial charge in [-0.1, -0.05) is 24.3 Å². The van der Waals surface area contributed by atoms with Crippen LogP contribution in [0.15, 0.2) is 58.6 Å². The number of nitrogens with zero attached hydrogens (tertiary/aromatic N) is 7. The molecule has 0 radical (unpaired) electrons. The number of fused-ring (bicyclic) bond motifs is 2. The lowest BCUT2D eigenvalue weighted by atomic mass is 10.0.